The summed E-state index contributed by atoms with van der Waals surface area (Å²) in [4.78, 5) is -0.300. The molecule has 1 atom stereocenters. The Hall–Kier alpha value is -1.32. The molecule has 1 heterocycles. The lowest BCUT2D eigenvalue weighted by molar-refractivity contribution is -0.121. The van der Waals surface area contributed by atoms with Crippen LogP contribution in [0.1, 0.15) is 24.5 Å². The Morgan fingerprint density at radius 1 is 1.38 bits per heavy atom. The fourth-order valence-corrected chi connectivity index (χ4v) is 3.15. The van der Waals surface area contributed by atoms with Crippen LogP contribution in [0.2, 0.25) is 0 Å². The second-order valence-electron chi connectivity index (χ2n) is 4.73. The molecular weight excluding hydrogens is 309 g/mol. The molecule has 0 aliphatic carbocycles. The first-order valence-electron chi connectivity index (χ1n) is 6.26. The van der Waals surface area contributed by atoms with Gasteiger partial charge in [0.25, 0.3) is 0 Å². The van der Waals surface area contributed by atoms with E-state index in [1.54, 1.807) is 0 Å². The summed E-state index contributed by atoms with van der Waals surface area (Å²) in [5.41, 5.74) is 6.63. The van der Waals surface area contributed by atoms with Crippen LogP contribution in [0.4, 0.5) is 18.9 Å². The van der Waals surface area contributed by atoms with Crippen molar-refractivity contribution in [2.75, 3.05) is 18.9 Å². The number of halogens is 3. The zero-order valence-corrected chi connectivity index (χ0v) is 11.8. The predicted molar refractivity (Wildman–Crippen MR) is 70.0 cm³/mol. The average molecular weight is 324 g/mol. The summed E-state index contributed by atoms with van der Waals surface area (Å²) in [5.74, 6) is 0. The molecule has 2 rings (SSSR count). The van der Waals surface area contributed by atoms with Crippen molar-refractivity contribution in [2.24, 2.45) is 0 Å². The quantitative estimate of drug-likeness (QED) is 0.830. The number of nitrogens with one attached hydrogen (secondary N) is 1. The van der Waals surface area contributed by atoms with E-state index in [0.29, 0.717) is 12.2 Å². The maximum atomic E-state index is 12.1. The molecule has 0 amide bonds. The molecule has 9 heteroatoms. The molecular formula is C12H15F3N2O3S. The predicted octanol–water partition coefficient (Wildman–Crippen LogP) is 1.96. The van der Waals surface area contributed by atoms with Crippen LogP contribution in [0.5, 0.6) is 0 Å². The Kier molecular flexibility index (Phi) is 4.45. The van der Waals surface area contributed by atoms with Gasteiger partial charge < -0.3 is 10.5 Å². The van der Waals surface area contributed by atoms with E-state index in [4.69, 9.17) is 10.5 Å². The summed E-state index contributed by atoms with van der Waals surface area (Å²) in [7, 11) is -4.25. The summed E-state index contributed by atoms with van der Waals surface area (Å²) < 4.78 is 66.7. The molecule has 0 saturated carbocycles. The highest BCUT2D eigenvalue weighted by atomic mass is 32.2. The van der Waals surface area contributed by atoms with E-state index >= 15 is 0 Å². The Morgan fingerprint density at radius 3 is 2.62 bits per heavy atom. The molecule has 1 unspecified atom stereocenters. The number of nitrogens with two attached hydrogens (primary N) is 1. The van der Waals surface area contributed by atoms with Crippen molar-refractivity contribution >= 4 is 15.7 Å². The Morgan fingerprint density at radius 2 is 2.10 bits per heavy atom. The second kappa shape index (κ2) is 5.82. The normalized spacial score (nSPS) is 19.9. The van der Waals surface area contributed by atoms with Gasteiger partial charge in [0.05, 0.1) is 11.0 Å². The van der Waals surface area contributed by atoms with Crippen LogP contribution < -0.4 is 10.5 Å². The third kappa shape index (κ3) is 4.08. The monoisotopic (exact) mass is 324 g/mol. The number of benzene rings is 1. The molecule has 0 bridgehead atoms. The molecule has 21 heavy (non-hydrogen) atoms. The number of alkyl halides is 3. The summed E-state index contributed by atoms with van der Waals surface area (Å²) in [5, 5.41) is 0. The molecule has 1 aliphatic rings. The van der Waals surface area contributed by atoms with Gasteiger partial charge >= 0.3 is 6.18 Å². The first kappa shape index (κ1) is 16.1. The number of anilines is 1. The van der Waals surface area contributed by atoms with Gasteiger partial charge in [-0.05, 0) is 25.0 Å². The third-order valence-electron chi connectivity index (χ3n) is 3.11. The van der Waals surface area contributed by atoms with E-state index in [2.05, 4.69) is 0 Å². The molecule has 1 aromatic carbocycles. The zero-order chi connectivity index (χ0) is 15.7. The lowest BCUT2D eigenvalue weighted by atomic mass is 10.1. The molecule has 0 spiro atoms. The third-order valence-corrected chi connectivity index (χ3v) is 4.51. The average Bonchev–Trinajstić information content (AvgIpc) is 2.89. The molecule has 0 aromatic heterocycles. The molecule has 0 radical (unpaired) electrons. The Labute approximate surface area is 120 Å². The maximum absolute atomic E-state index is 12.1. The van der Waals surface area contributed by atoms with Crippen LogP contribution in [-0.4, -0.2) is 27.7 Å². The largest absolute Gasteiger partial charge is 0.402 e. The van der Waals surface area contributed by atoms with Gasteiger partial charge in [0, 0.05) is 17.9 Å². The topological polar surface area (TPSA) is 81.4 Å². The molecule has 1 aliphatic heterocycles. The van der Waals surface area contributed by atoms with E-state index in [1.807, 2.05) is 0 Å². The smallest absolute Gasteiger partial charge is 0.398 e. The van der Waals surface area contributed by atoms with E-state index < -0.39 is 22.7 Å². The highest BCUT2D eigenvalue weighted by Crippen LogP contribution is 2.33. The van der Waals surface area contributed by atoms with E-state index in [1.165, 1.54) is 16.9 Å². The minimum Gasteiger partial charge on any atom is -0.398 e. The van der Waals surface area contributed by atoms with Crippen LogP contribution in [0.3, 0.4) is 0 Å². The molecule has 1 aromatic rings. The molecule has 1 fully saturated rings. The highest BCUT2D eigenvalue weighted by molar-refractivity contribution is 7.89. The van der Waals surface area contributed by atoms with Crippen molar-refractivity contribution in [1.29, 1.82) is 0 Å². The zero-order valence-electron chi connectivity index (χ0n) is 11.0. The van der Waals surface area contributed by atoms with Gasteiger partial charge in [0.2, 0.25) is 10.0 Å². The molecule has 3 N–H and O–H groups in total. The maximum Gasteiger partial charge on any atom is 0.402 e. The minimum atomic E-state index is -4.61. The number of sulfonamides is 1. The summed E-state index contributed by atoms with van der Waals surface area (Å²) >= 11 is 0. The lowest BCUT2D eigenvalue weighted by Gasteiger charge is -2.14. The van der Waals surface area contributed by atoms with Crippen LogP contribution >= 0.6 is 0 Å². The first-order chi connectivity index (χ1) is 9.69. The van der Waals surface area contributed by atoms with Gasteiger partial charge in [0.15, 0.2) is 0 Å². The van der Waals surface area contributed by atoms with Crippen molar-refractivity contribution in [3.05, 3.63) is 23.8 Å². The minimum absolute atomic E-state index is 0.190. The van der Waals surface area contributed by atoms with Crippen molar-refractivity contribution < 1.29 is 26.3 Å². The van der Waals surface area contributed by atoms with Crippen LogP contribution in [0.15, 0.2) is 23.1 Å². The highest BCUT2D eigenvalue weighted by Gasteiger charge is 2.30. The van der Waals surface area contributed by atoms with Gasteiger partial charge in [-0.25, -0.2) is 13.1 Å². The van der Waals surface area contributed by atoms with Gasteiger partial charge in [-0.15, -0.1) is 0 Å². The number of hydrogen-bond acceptors (Lipinski definition) is 4. The first-order valence-corrected chi connectivity index (χ1v) is 7.75. The molecule has 1 saturated heterocycles. The fourth-order valence-electron chi connectivity index (χ4n) is 2.10. The Balaban J connectivity index is 2.19. The lowest BCUT2D eigenvalue weighted by Crippen LogP contribution is -2.33. The standard InChI is InChI=1S/C12H15F3N2O3S/c13-12(14,15)7-17-21(18,19)8-3-4-9(10(16)6-8)11-2-1-5-20-11/h3-4,6,11,17H,1-2,5,7,16H2. The van der Waals surface area contributed by atoms with Gasteiger partial charge in [-0.1, -0.05) is 6.07 Å². The molecule has 118 valence electrons. The van der Waals surface area contributed by atoms with Crippen molar-refractivity contribution in [2.45, 2.75) is 30.0 Å². The van der Waals surface area contributed by atoms with Crippen molar-refractivity contribution in [3.63, 3.8) is 0 Å². The van der Waals surface area contributed by atoms with E-state index in [0.717, 1.165) is 18.9 Å². The van der Waals surface area contributed by atoms with Gasteiger partial charge in [-0.3, -0.25) is 0 Å². The number of nitrogen functional groups attached to an aromatic ring is 1. The van der Waals surface area contributed by atoms with Crippen molar-refractivity contribution in [1.82, 2.24) is 4.72 Å². The van der Waals surface area contributed by atoms with E-state index in [9.17, 15) is 21.6 Å². The SMILES string of the molecule is Nc1cc(S(=O)(=O)NCC(F)(F)F)ccc1C1CCCO1. The van der Waals surface area contributed by atoms with Crippen LogP contribution in [-0.2, 0) is 14.8 Å². The summed E-state index contributed by atoms with van der Waals surface area (Å²) in [6, 6.07) is 3.86. The van der Waals surface area contributed by atoms with Gasteiger partial charge in [-0.2, -0.15) is 13.2 Å². The van der Waals surface area contributed by atoms with Crippen LogP contribution in [0.25, 0.3) is 0 Å². The fraction of sp³-hybridized carbons (Fsp3) is 0.500. The summed E-state index contributed by atoms with van der Waals surface area (Å²) in [6.45, 7) is -1.01. The number of rotatable bonds is 4. The number of hydrogen-bond donors (Lipinski definition) is 2. The second-order valence-corrected chi connectivity index (χ2v) is 6.50. The summed E-state index contributed by atoms with van der Waals surface area (Å²) in [6.07, 6.45) is -3.14. The Bertz CT molecular complexity index is 611. The van der Waals surface area contributed by atoms with Crippen LogP contribution in [0, 0.1) is 0 Å². The van der Waals surface area contributed by atoms with Crippen molar-refractivity contribution in [3.8, 4) is 0 Å². The number of ether oxygens (including phenoxy) is 1. The molecule has 5 nitrogen and oxygen atoms in total. The van der Waals surface area contributed by atoms with Gasteiger partial charge in [0.1, 0.15) is 6.54 Å². The van der Waals surface area contributed by atoms with E-state index in [-0.39, 0.29) is 16.7 Å².